The predicted molar refractivity (Wildman–Crippen MR) is 183 cm³/mol. The first kappa shape index (κ1) is 32.5. The molecule has 1 aromatic heterocycles. The van der Waals surface area contributed by atoms with Gasteiger partial charge in [0.2, 0.25) is 11.8 Å². The third-order valence-electron chi connectivity index (χ3n) is 9.69. The number of carbonyl (C=O) groups is 2. The predicted octanol–water partition coefficient (Wildman–Crippen LogP) is 3.21. The van der Waals surface area contributed by atoms with E-state index in [1.54, 1.807) is 11.0 Å². The van der Waals surface area contributed by atoms with Gasteiger partial charge in [-0.25, -0.2) is 4.79 Å². The maximum Gasteiger partial charge on any atom is 0.348 e. The largest absolute Gasteiger partial charge is 0.399 e. The lowest BCUT2D eigenvalue weighted by Gasteiger charge is -2.37. The van der Waals surface area contributed by atoms with Crippen molar-refractivity contribution in [3.63, 3.8) is 0 Å². The fraction of sp³-hybridized carbons (Fsp3) is 0.324. The number of nitrogens with zero attached hydrogens (tertiary/aromatic N) is 4. The molecule has 1 aliphatic heterocycles. The van der Waals surface area contributed by atoms with E-state index in [1.807, 2.05) is 68.4 Å². The van der Waals surface area contributed by atoms with Crippen molar-refractivity contribution in [3.8, 4) is 11.8 Å². The summed E-state index contributed by atoms with van der Waals surface area (Å²) in [5.74, 6) is -0.237. The number of fused-ring (bicyclic) bond motifs is 2. The molecule has 2 aliphatic rings. The summed E-state index contributed by atoms with van der Waals surface area (Å²) in [6.07, 6.45) is 3.09. The number of nitriles is 1. The average molecular weight is 645 g/mol. The molecule has 2 unspecified atom stereocenters. The van der Waals surface area contributed by atoms with Crippen LogP contribution >= 0.6 is 0 Å². The van der Waals surface area contributed by atoms with E-state index in [1.165, 1.54) is 4.68 Å². The molecule has 2 amide bonds. The van der Waals surface area contributed by atoms with Crippen LogP contribution in [0, 0.1) is 18.3 Å². The minimum atomic E-state index is -1.03. The van der Waals surface area contributed by atoms with E-state index < -0.39 is 23.1 Å². The summed E-state index contributed by atoms with van der Waals surface area (Å²) in [5, 5.41) is 17.9. The van der Waals surface area contributed by atoms with Gasteiger partial charge in [0.25, 0.3) is 0 Å². The topological polar surface area (TPSA) is 176 Å². The molecule has 4 aromatic rings. The molecule has 0 spiro atoms. The molecule has 246 valence electrons. The molecular formula is C37H40N8O3. The number of carbonyl (C=O) groups excluding carboxylic acids is 2. The van der Waals surface area contributed by atoms with E-state index in [9.17, 15) is 19.6 Å². The Hall–Kier alpha value is -5.47. The Kier molecular flexibility index (Phi) is 8.77. The van der Waals surface area contributed by atoms with Crippen molar-refractivity contribution >= 4 is 17.5 Å². The zero-order valence-electron chi connectivity index (χ0n) is 27.3. The van der Waals surface area contributed by atoms with Crippen LogP contribution in [-0.2, 0) is 23.1 Å². The normalized spacial score (nSPS) is 19.1. The van der Waals surface area contributed by atoms with E-state index in [4.69, 9.17) is 16.6 Å². The van der Waals surface area contributed by atoms with Gasteiger partial charge in [0.1, 0.15) is 11.9 Å². The third kappa shape index (κ3) is 5.91. The lowest BCUT2D eigenvalue weighted by atomic mass is 9.67. The monoisotopic (exact) mass is 644 g/mol. The number of aromatic nitrogens is 3. The van der Waals surface area contributed by atoms with Gasteiger partial charge in [0.05, 0.1) is 23.7 Å². The number of primary amides is 1. The van der Waals surface area contributed by atoms with Crippen LogP contribution in [0.5, 0.6) is 0 Å². The summed E-state index contributed by atoms with van der Waals surface area (Å²) in [7, 11) is 0. The standard InChI is InChI=1S/C37H40N8O3/c1-22-6-12-29(13-7-22)45-36(48)42-35(43-45)37(19-23(2)41-21-33(46)44-16-4-5-30(44)20-38)31-14-10-25(24(3)39)17-26(31)8-9-27-18-28(34(40)47)11-15-32(27)37/h6-7,10-15,17-18,23,30,41H,3-5,8-9,16,19,21,39H2,1-2H3,(H2,40,47)(H,42,43,48)/t23-,30?,37?/m1/s1. The van der Waals surface area contributed by atoms with E-state index in [2.05, 4.69) is 22.9 Å². The highest BCUT2D eigenvalue weighted by Crippen LogP contribution is 2.47. The smallest absolute Gasteiger partial charge is 0.348 e. The van der Waals surface area contributed by atoms with Gasteiger partial charge in [-0.1, -0.05) is 42.5 Å². The lowest BCUT2D eigenvalue weighted by molar-refractivity contribution is -0.130. The zero-order chi connectivity index (χ0) is 34.2. The maximum atomic E-state index is 13.7. The SMILES string of the molecule is C=C(N)c1ccc2c(c1)CCc1cc(C(N)=O)ccc1C2(C[C@@H](C)NCC(=O)N1CCCC1C#N)c1nn(-c2ccc(C)cc2)c(=O)[nH]1. The van der Waals surface area contributed by atoms with E-state index in [0.29, 0.717) is 55.0 Å². The summed E-state index contributed by atoms with van der Waals surface area (Å²) in [6, 6.07) is 20.5. The molecule has 6 N–H and O–H groups in total. The van der Waals surface area contributed by atoms with Crippen molar-refractivity contribution in [2.45, 2.75) is 63.5 Å². The molecule has 3 aromatic carbocycles. The van der Waals surface area contributed by atoms with Crippen LogP contribution in [0.1, 0.15) is 75.7 Å². The average Bonchev–Trinajstić information content (AvgIpc) is 3.69. The zero-order valence-corrected chi connectivity index (χ0v) is 27.3. The van der Waals surface area contributed by atoms with Gasteiger partial charge in [-0.2, -0.15) is 9.94 Å². The van der Waals surface area contributed by atoms with Gasteiger partial charge in [-0.15, -0.1) is 5.10 Å². The van der Waals surface area contributed by atoms with Gasteiger partial charge < -0.3 is 21.7 Å². The second-order valence-corrected chi connectivity index (χ2v) is 12.9. The highest BCUT2D eigenvalue weighted by atomic mass is 16.2. The fourth-order valence-electron chi connectivity index (χ4n) is 7.24. The van der Waals surface area contributed by atoms with Crippen LogP contribution in [0.3, 0.4) is 0 Å². The van der Waals surface area contributed by atoms with Gasteiger partial charge >= 0.3 is 5.69 Å². The molecule has 1 fully saturated rings. The summed E-state index contributed by atoms with van der Waals surface area (Å²) in [5.41, 5.74) is 17.4. The first-order chi connectivity index (χ1) is 23.0. The second-order valence-electron chi connectivity index (χ2n) is 12.9. The molecule has 11 heteroatoms. The molecule has 1 saturated heterocycles. The molecule has 3 atom stereocenters. The first-order valence-corrected chi connectivity index (χ1v) is 16.2. The first-order valence-electron chi connectivity index (χ1n) is 16.2. The summed E-state index contributed by atoms with van der Waals surface area (Å²) in [6.45, 7) is 8.53. The number of nitrogens with one attached hydrogen (secondary N) is 2. The molecular weight excluding hydrogens is 604 g/mol. The Morgan fingerprint density at radius 3 is 2.35 bits per heavy atom. The van der Waals surface area contributed by atoms with Gasteiger partial charge in [0.15, 0.2) is 0 Å². The fourth-order valence-corrected chi connectivity index (χ4v) is 7.24. The minimum Gasteiger partial charge on any atom is -0.399 e. The number of aromatic amines is 1. The van der Waals surface area contributed by atoms with Crippen LogP contribution in [0.15, 0.2) is 72.0 Å². The summed E-state index contributed by atoms with van der Waals surface area (Å²) < 4.78 is 1.37. The van der Waals surface area contributed by atoms with Gasteiger partial charge in [0, 0.05) is 23.8 Å². The molecule has 48 heavy (non-hydrogen) atoms. The molecule has 0 saturated carbocycles. The summed E-state index contributed by atoms with van der Waals surface area (Å²) in [4.78, 5) is 44.0. The Balaban J connectivity index is 1.53. The second kappa shape index (κ2) is 13.0. The van der Waals surface area contributed by atoms with Crippen molar-refractivity contribution in [1.29, 1.82) is 5.26 Å². The molecule has 11 nitrogen and oxygen atoms in total. The number of hydrogen-bond donors (Lipinski definition) is 4. The Bertz CT molecular complexity index is 1940. The number of aryl methyl sites for hydroxylation is 3. The Morgan fingerprint density at radius 2 is 1.73 bits per heavy atom. The van der Waals surface area contributed by atoms with Crippen LogP contribution in [-0.4, -0.2) is 56.7 Å². The molecule has 1 aliphatic carbocycles. The van der Waals surface area contributed by atoms with Crippen LogP contribution < -0.4 is 22.5 Å². The Labute approximate surface area is 279 Å². The van der Waals surface area contributed by atoms with Crippen molar-refractivity contribution in [2.24, 2.45) is 11.5 Å². The van der Waals surface area contributed by atoms with Crippen LogP contribution in [0.4, 0.5) is 0 Å². The number of benzene rings is 3. The highest BCUT2D eigenvalue weighted by Gasteiger charge is 2.45. The van der Waals surface area contributed by atoms with Crippen LogP contribution in [0.25, 0.3) is 11.4 Å². The quantitative estimate of drug-likeness (QED) is 0.216. The van der Waals surface area contributed by atoms with Crippen molar-refractivity contribution in [1.82, 2.24) is 25.0 Å². The minimum absolute atomic E-state index is 0.0516. The van der Waals surface area contributed by atoms with E-state index in [0.717, 1.165) is 39.8 Å². The molecule has 6 rings (SSSR count). The number of amides is 2. The molecule has 0 radical (unpaired) electrons. The number of likely N-dealkylation sites (tertiary alicyclic amines) is 1. The number of nitrogens with two attached hydrogens (primary N) is 2. The van der Waals surface area contributed by atoms with Crippen molar-refractivity contribution in [3.05, 3.63) is 122 Å². The Morgan fingerprint density at radius 1 is 1.08 bits per heavy atom. The number of H-pyrrole nitrogens is 1. The van der Waals surface area contributed by atoms with E-state index in [-0.39, 0.29) is 18.5 Å². The van der Waals surface area contributed by atoms with Crippen LogP contribution in [0.2, 0.25) is 0 Å². The molecule has 2 heterocycles. The lowest BCUT2D eigenvalue weighted by Crippen LogP contribution is -2.45. The molecule has 0 bridgehead atoms. The van der Waals surface area contributed by atoms with Gasteiger partial charge in [-0.05, 0) is 104 Å². The highest BCUT2D eigenvalue weighted by molar-refractivity contribution is 5.93. The van der Waals surface area contributed by atoms with E-state index >= 15 is 0 Å². The number of hydrogen-bond acceptors (Lipinski definition) is 7. The number of rotatable bonds is 9. The summed E-state index contributed by atoms with van der Waals surface area (Å²) >= 11 is 0. The van der Waals surface area contributed by atoms with Gasteiger partial charge in [-0.3, -0.25) is 14.6 Å². The van der Waals surface area contributed by atoms with Crippen molar-refractivity contribution < 1.29 is 9.59 Å². The maximum absolute atomic E-state index is 13.7. The van der Waals surface area contributed by atoms with Crippen molar-refractivity contribution in [2.75, 3.05) is 13.1 Å². The third-order valence-corrected chi connectivity index (χ3v) is 9.69.